The summed E-state index contributed by atoms with van der Waals surface area (Å²) in [5, 5.41) is 0.632. The fourth-order valence-corrected chi connectivity index (χ4v) is 4.50. The molecule has 2 aromatic carbocycles. The summed E-state index contributed by atoms with van der Waals surface area (Å²) in [5.41, 5.74) is 0.768. The minimum absolute atomic E-state index is 0.0900. The molecular formula is C25H28N4O4S. The van der Waals surface area contributed by atoms with E-state index in [1.54, 1.807) is 29.6 Å². The van der Waals surface area contributed by atoms with Gasteiger partial charge in [0.25, 0.3) is 5.91 Å². The van der Waals surface area contributed by atoms with E-state index >= 15 is 0 Å². The summed E-state index contributed by atoms with van der Waals surface area (Å²) < 4.78 is 19.9. The van der Waals surface area contributed by atoms with Crippen molar-refractivity contribution in [3.05, 3.63) is 61.2 Å². The molecule has 0 saturated heterocycles. The Labute approximate surface area is 202 Å². The van der Waals surface area contributed by atoms with Crippen LogP contribution in [-0.4, -0.2) is 46.8 Å². The molecule has 0 bridgehead atoms. The number of fused-ring (bicyclic) bond motifs is 1. The van der Waals surface area contributed by atoms with E-state index in [1.807, 2.05) is 54.9 Å². The molecule has 0 radical (unpaired) electrons. The number of carbonyl (C=O) groups is 1. The third-order valence-electron chi connectivity index (χ3n) is 5.06. The summed E-state index contributed by atoms with van der Waals surface area (Å²) in [6.07, 6.45) is 6.18. The molecule has 0 aliphatic carbocycles. The van der Waals surface area contributed by atoms with Crippen molar-refractivity contribution >= 4 is 32.6 Å². The maximum absolute atomic E-state index is 13.3. The van der Waals surface area contributed by atoms with Crippen LogP contribution in [0.1, 0.15) is 20.3 Å². The van der Waals surface area contributed by atoms with Crippen molar-refractivity contribution in [3.63, 3.8) is 0 Å². The number of para-hydroxylation sites is 1. The molecule has 4 aromatic rings. The Morgan fingerprint density at radius 1 is 1.03 bits per heavy atom. The van der Waals surface area contributed by atoms with Crippen LogP contribution in [0.15, 0.2) is 61.2 Å². The molecule has 0 aliphatic rings. The molecule has 0 atom stereocenters. The van der Waals surface area contributed by atoms with E-state index in [0.29, 0.717) is 30.6 Å². The van der Waals surface area contributed by atoms with E-state index in [2.05, 4.69) is 4.98 Å². The van der Waals surface area contributed by atoms with Gasteiger partial charge in [-0.15, -0.1) is 0 Å². The van der Waals surface area contributed by atoms with Crippen LogP contribution in [0.25, 0.3) is 10.2 Å². The molecule has 1 amide bonds. The van der Waals surface area contributed by atoms with Crippen LogP contribution in [0, 0.1) is 0 Å². The summed E-state index contributed by atoms with van der Waals surface area (Å²) in [6.45, 7) is 6.19. The molecule has 2 aromatic heterocycles. The van der Waals surface area contributed by atoms with Crippen LogP contribution in [0.2, 0.25) is 0 Å². The predicted molar refractivity (Wildman–Crippen MR) is 133 cm³/mol. The van der Waals surface area contributed by atoms with Gasteiger partial charge in [0.15, 0.2) is 11.7 Å². The number of ether oxygens (including phenoxy) is 3. The molecule has 0 fully saturated rings. The van der Waals surface area contributed by atoms with Crippen molar-refractivity contribution in [2.75, 3.05) is 31.3 Å². The summed E-state index contributed by atoms with van der Waals surface area (Å²) >= 11 is 1.47. The molecule has 2 heterocycles. The molecule has 0 saturated carbocycles. The lowest BCUT2D eigenvalue weighted by molar-refractivity contribution is -0.120. The van der Waals surface area contributed by atoms with Gasteiger partial charge in [0, 0.05) is 25.5 Å². The van der Waals surface area contributed by atoms with Gasteiger partial charge in [-0.05, 0) is 56.7 Å². The number of aromatic nitrogens is 3. The average Bonchev–Trinajstić information content (AvgIpc) is 3.52. The monoisotopic (exact) mass is 480 g/mol. The number of hydrogen-bond acceptors (Lipinski definition) is 7. The molecule has 0 unspecified atom stereocenters. The van der Waals surface area contributed by atoms with Gasteiger partial charge >= 0.3 is 0 Å². The average molecular weight is 481 g/mol. The smallest absolute Gasteiger partial charge is 0.266 e. The number of benzene rings is 2. The van der Waals surface area contributed by atoms with Crippen LogP contribution in [-0.2, 0) is 11.3 Å². The normalized spacial score (nSPS) is 10.9. The lowest BCUT2D eigenvalue weighted by atomic mass is 10.3. The first-order valence-corrected chi connectivity index (χ1v) is 12.1. The molecular weight excluding hydrogens is 452 g/mol. The Morgan fingerprint density at radius 2 is 1.79 bits per heavy atom. The summed E-state index contributed by atoms with van der Waals surface area (Å²) in [4.78, 5) is 23.8. The number of nitrogens with zero attached hydrogens (tertiary/aromatic N) is 4. The number of carbonyl (C=O) groups excluding carboxylic acids is 1. The molecule has 9 heteroatoms. The molecule has 0 aliphatic heterocycles. The Balaban J connectivity index is 1.50. The fourth-order valence-electron chi connectivity index (χ4n) is 3.48. The second kappa shape index (κ2) is 11.5. The van der Waals surface area contributed by atoms with Crippen molar-refractivity contribution in [1.82, 2.24) is 14.5 Å². The predicted octanol–water partition coefficient (Wildman–Crippen LogP) is 4.79. The van der Waals surface area contributed by atoms with Crippen molar-refractivity contribution in [2.24, 2.45) is 0 Å². The molecule has 0 N–H and O–H groups in total. The lowest BCUT2D eigenvalue weighted by Crippen LogP contribution is -2.36. The van der Waals surface area contributed by atoms with E-state index in [4.69, 9.17) is 19.2 Å². The number of aryl methyl sites for hydroxylation is 1. The van der Waals surface area contributed by atoms with Crippen LogP contribution < -0.4 is 19.1 Å². The SMILES string of the molecule is CCOc1ccc(OCC(=O)N(CCCn2ccnc2)c2nc3c(OCC)cccc3s2)cc1. The highest BCUT2D eigenvalue weighted by Crippen LogP contribution is 2.34. The summed E-state index contributed by atoms with van der Waals surface area (Å²) in [7, 11) is 0. The minimum atomic E-state index is -0.156. The first-order chi connectivity index (χ1) is 16.7. The molecule has 0 spiro atoms. The number of thiazole rings is 1. The number of amides is 1. The van der Waals surface area contributed by atoms with Gasteiger partial charge in [-0.2, -0.15) is 0 Å². The van der Waals surface area contributed by atoms with Gasteiger partial charge in [0.05, 0.1) is 24.2 Å². The maximum atomic E-state index is 13.3. The van der Waals surface area contributed by atoms with Gasteiger partial charge in [-0.1, -0.05) is 17.4 Å². The fraction of sp³-hybridized carbons (Fsp3) is 0.320. The minimum Gasteiger partial charge on any atom is -0.494 e. The largest absolute Gasteiger partial charge is 0.494 e. The van der Waals surface area contributed by atoms with Crippen LogP contribution in [0.5, 0.6) is 17.2 Å². The molecule has 4 rings (SSSR count). The van der Waals surface area contributed by atoms with Crippen LogP contribution >= 0.6 is 11.3 Å². The van der Waals surface area contributed by atoms with Gasteiger partial charge in [0.1, 0.15) is 22.8 Å². The Kier molecular flexibility index (Phi) is 7.98. The van der Waals surface area contributed by atoms with Gasteiger partial charge < -0.3 is 18.8 Å². The van der Waals surface area contributed by atoms with E-state index < -0.39 is 0 Å². The van der Waals surface area contributed by atoms with Crippen LogP contribution in [0.3, 0.4) is 0 Å². The standard InChI is InChI=1S/C25H28N4O4S/c1-3-31-19-9-11-20(12-10-19)33-17-23(30)29(15-6-14-28-16-13-26-18-28)25-27-24-21(32-4-2)7-5-8-22(24)34-25/h5,7-13,16,18H,3-4,6,14-15,17H2,1-2H3. The molecule has 178 valence electrons. The highest BCUT2D eigenvalue weighted by molar-refractivity contribution is 7.22. The van der Waals surface area contributed by atoms with Gasteiger partial charge in [-0.25, -0.2) is 9.97 Å². The zero-order valence-electron chi connectivity index (χ0n) is 19.3. The highest BCUT2D eigenvalue weighted by Gasteiger charge is 2.21. The lowest BCUT2D eigenvalue weighted by Gasteiger charge is -2.20. The quantitative estimate of drug-likeness (QED) is 0.290. The second-order valence-electron chi connectivity index (χ2n) is 7.42. The number of imidazole rings is 1. The van der Waals surface area contributed by atoms with Gasteiger partial charge in [0.2, 0.25) is 0 Å². The van der Waals surface area contributed by atoms with E-state index in [1.165, 1.54) is 11.3 Å². The summed E-state index contributed by atoms with van der Waals surface area (Å²) in [5.74, 6) is 1.94. The maximum Gasteiger partial charge on any atom is 0.266 e. The van der Waals surface area contributed by atoms with Gasteiger partial charge in [-0.3, -0.25) is 9.69 Å². The van der Waals surface area contributed by atoms with Crippen molar-refractivity contribution < 1.29 is 19.0 Å². The summed E-state index contributed by atoms with van der Waals surface area (Å²) in [6, 6.07) is 13.1. The zero-order chi connectivity index (χ0) is 23.8. The van der Waals surface area contributed by atoms with Crippen LogP contribution in [0.4, 0.5) is 5.13 Å². The first kappa shape index (κ1) is 23.6. The third-order valence-corrected chi connectivity index (χ3v) is 6.10. The number of anilines is 1. The van der Waals surface area contributed by atoms with E-state index in [9.17, 15) is 4.79 Å². The van der Waals surface area contributed by atoms with Crippen molar-refractivity contribution in [1.29, 1.82) is 0 Å². The number of rotatable bonds is 12. The molecule has 8 nitrogen and oxygen atoms in total. The zero-order valence-corrected chi connectivity index (χ0v) is 20.2. The highest BCUT2D eigenvalue weighted by atomic mass is 32.1. The second-order valence-corrected chi connectivity index (χ2v) is 8.43. The topological polar surface area (TPSA) is 78.7 Å². The first-order valence-electron chi connectivity index (χ1n) is 11.3. The molecule has 34 heavy (non-hydrogen) atoms. The Morgan fingerprint density at radius 3 is 2.50 bits per heavy atom. The van der Waals surface area contributed by atoms with Crippen molar-refractivity contribution in [2.45, 2.75) is 26.8 Å². The van der Waals surface area contributed by atoms with E-state index in [0.717, 1.165) is 34.7 Å². The number of hydrogen-bond donors (Lipinski definition) is 0. The third kappa shape index (κ3) is 5.85. The Bertz CT molecular complexity index is 1190. The van der Waals surface area contributed by atoms with Crippen molar-refractivity contribution in [3.8, 4) is 17.2 Å². The van der Waals surface area contributed by atoms with E-state index in [-0.39, 0.29) is 12.5 Å². The Hall–Kier alpha value is -3.59.